The molecule has 0 aliphatic heterocycles. The van der Waals surface area contributed by atoms with Crippen molar-refractivity contribution >= 4 is 21.6 Å². The van der Waals surface area contributed by atoms with Gasteiger partial charge in [-0.1, -0.05) is 80.6 Å². The second-order valence-corrected chi connectivity index (χ2v) is 11.6. The number of nitrogens with one attached hydrogen (secondary N) is 2. The van der Waals surface area contributed by atoms with Gasteiger partial charge in [0.25, 0.3) is 5.91 Å². The highest BCUT2D eigenvalue weighted by molar-refractivity contribution is 7.92. The number of aliphatic hydroxyl groups excluding tert-OH is 1. The van der Waals surface area contributed by atoms with Crippen molar-refractivity contribution in [2.45, 2.75) is 51.3 Å². The maximum absolute atomic E-state index is 13.3. The van der Waals surface area contributed by atoms with Gasteiger partial charge in [0.2, 0.25) is 10.0 Å². The molecule has 0 aliphatic rings. The van der Waals surface area contributed by atoms with Crippen LogP contribution in [0, 0.1) is 0 Å². The van der Waals surface area contributed by atoms with E-state index in [1.165, 1.54) is 11.4 Å². The Bertz CT molecular complexity index is 1250. The van der Waals surface area contributed by atoms with Gasteiger partial charge in [-0.3, -0.25) is 9.10 Å². The van der Waals surface area contributed by atoms with E-state index < -0.39 is 22.2 Å². The number of benzene rings is 3. The number of aliphatic hydroxyl groups is 1. The van der Waals surface area contributed by atoms with Crippen molar-refractivity contribution in [1.82, 2.24) is 10.6 Å². The fourth-order valence-electron chi connectivity index (χ4n) is 4.39. The first-order chi connectivity index (χ1) is 18.2. The molecule has 0 fully saturated rings. The van der Waals surface area contributed by atoms with Gasteiger partial charge in [0.05, 0.1) is 23.6 Å². The van der Waals surface area contributed by atoms with Gasteiger partial charge < -0.3 is 15.7 Å². The van der Waals surface area contributed by atoms with Crippen LogP contribution in [-0.2, 0) is 16.4 Å². The average Bonchev–Trinajstić information content (AvgIpc) is 2.93. The summed E-state index contributed by atoms with van der Waals surface area (Å²) in [6, 6.07) is 25.8. The number of anilines is 1. The van der Waals surface area contributed by atoms with Crippen LogP contribution in [0.5, 0.6) is 0 Å². The fourth-order valence-corrected chi connectivity index (χ4v) is 5.61. The van der Waals surface area contributed by atoms with Gasteiger partial charge in [0.1, 0.15) is 0 Å². The zero-order chi connectivity index (χ0) is 27.5. The molecule has 0 saturated carbocycles. The van der Waals surface area contributed by atoms with Gasteiger partial charge in [-0.2, -0.15) is 0 Å². The third-order valence-electron chi connectivity index (χ3n) is 6.61. The van der Waals surface area contributed by atoms with Gasteiger partial charge in [-0.25, -0.2) is 8.42 Å². The van der Waals surface area contributed by atoms with Gasteiger partial charge >= 0.3 is 0 Å². The number of sulfonamides is 1. The van der Waals surface area contributed by atoms with E-state index in [2.05, 4.69) is 29.7 Å². The Labute approximate surface area is 227 Å². The van der Waals surface area contributed by atoms with E-state index in [-0.39, 0.29) is 17.7 Å². The van der Waals surface area contributed by atoms with Crippen molar-refractivity contribution in [2.75, 3.05) is 23.7 Å². The number of hydrogen-bond acceptors (Lipinski definition) is 5. The largest absolute Gasteiger partial charge is 0.390 e. The second-order valence-electron chi connectivity index (χ2n) is 9.45. The highest BCUT2D eigenvalue weighted by atomic mass is 32.2. The summed E-state index contributed by atoms with van der Waals surface area (Å²) < 4.78 is 26.3. The Hall–Kier alpha value is -3.20. The lowest BCUT2D eigenvalue weighted by molar-refractivity contribution is 0.0824. The number of rotatable bonds is 14. The molecule has 0 aliphatic carbocycles. The Morgan fingerprint density at radius 1 is 0.947 bits per heavy atom. The minimum Gasteiger partial charge on any atom is -0.390 e. The van der Waals surface area contributed by atoms with E-state index in [0.29, 0.717) is 30.6 Å². The Morgan fingerprint density at radius 3 is 2.24 bits per heavy atom. The molecule has 3 atom stereocenters. The Balaban J connectivity index is 1.77. The predicted molar refractivity (Wildman–Crippen MR) is 154 cm³/mol. The monoisotopic (exact) mass is 537 g/mol. The van der Waals surface area contributed by atoms with Crippen molar-refractivity contribution in [3.8, 4) is 0 Å². The van der Waals surface area contributed by atoms with Crippen molar-refractivity contribution in [3.05, 3.63) is 102 Å². The van der Waals surface area contributed by atoms with Gasteiger partial charge in [0.15, 0.2) is 0 Å². The van der Waals surface area contributed by atoms with Crippen LogP contribution in [0.2, 0.25) is 0 Å². The molecule has 0 aromatic heterocycles. The lowest BCUT2D eigenvalue weighted by atomic mass is 9.99. The van der Waals surface area contributed by atoms with Crippen LogP contribution in [0.3, 0.4) is 0 Å². The van der Waals surface area contributed by atoms with Crippen LogP contribution in [-0.4, -0.2) is 50.9 Å². The number of amides is 1. The summed E-state index contributed by atoms with van der Waals surface area (Å²) in [5.41, 5.74) is 2.88. The molecule has 0 unspecified atom stereocenters. The van der Waals surface area contributed by atoms with E-state index >= 15 is 0 Å². The van der Waals surface area contributed by atoms with Crippen molar-refractivity contribution < 1.29 is 18.3 Å². The maximum atomic E-state index is 13.3. The molecule has 0 spiro atoms. The van der Waals surface area contributed by atoms with Crippen LogP contribution in [0.1, 0.15) is 54.2 Å². The zero-order valence-electron chi connectivity index (χ0n) is 22.4. The minimum absolute atomic E-state index is 0.0278. The molecule has 38 heavy (non-hydrogen) atoms. The van der Waals surface area contributed by atoms with Crippen molar-refractivity contribution in [3.63, 3.8) is 0 Å². The number of hydrogen-bond donors (Lipinski definition) is 3. The third kappa shape index (κ3) is 8.15. The summed E-state index contributed by atoms with van der Waals surface area (Å²) >= 11 is 0. The Kier molecular flexibility index (Phi) is 10.9. The summed E-state index contributed by atoms with van der Waals surface area (Å²) in [5.74, 6) is -0.344. The van der Waals surface area contributed by atoms with Gasteiger partial charge in [-0.05, 0) is 48.6 Å². The van der Waals surface area contributed by atoms with Crippen LogP contribution in [0.25, 0.3) is 0 Å². The van der Waals surface area contributed by atoms with Gasteiger partial charge in [-0.15, -0.1) is 0 Å². The van der Waals surface area contributed by atoms with Crippen LogP contribution in [0.4, 0.5) is 5.69 Å². The smallest absolute Gasteiger partial charge is 0.251 e. The van der Waals surface area contributed by atoms with Crippen molar-refractivity contribution in [2.24, 2.45) is 0 Å². The summed E-state index contributed by atoms with van der Waals surface area (Å²) in [4.78, 5) is 13.3. The van der Waals surface area contributed by atoms with E-state index in [4.69, 9.17) is 0 Å². The highest BCUT2D eigenvalue weighted by Gasteiger charge is 2.24. The van der Waals surface area contributed by atoms with E-state index in [0.717, 1.165) is 17.5 Å². The third-order valence-corrected chi connectivity index (χ3v) is 8.58. The zero-order valence-corrected chi connectivity index (χ0v) is 23.2. The molecule has 3 rings (SSSR count). The second kappa shape index (κ2) is 14.1. The average molecular weight is 538 g/mol. The summed E-state index contributed by atoms with van der Waals surface area (Å²) in [6.45, 7) is 4.19. The molecule has 0 saturated heterocycles. The highest BCUT2D eigenvalue weighted by Crippen LogP contribution is 2.20. The first kappa shape index (κ1) is 29.4. The van der Waals surface area contributed by atoms with E-state index in [1.807, 2.05) is 55.5 Å². The molecule has 204 valence electrons. The number of carbonyl (C=O) groups is 1. The lowest BCUT2D eigenvalue weighted by Crippen LogP contribution is -2.49. The fraction of sp³-hybridized carbons (Fsp3) is 0.367. The normalized spacial score (nSPS) is 13.9. The lowest BCUT2D eigenvalue weighted by Gasteiger charge is -2.27. The topological polar surface area (TPSA) is 98.7 Å². The molecular formula is C30H39N3O4S. The van der Waals surface area contributed by atoms with Crippen LogP contribution >= 0.6 is 0 Å². The molecular weight excluding hydrogens is 498 g/mol. The van der Waals surface area contributed by atoms with E-state index in [1.54, 1.807) is 24.3 Å². The number of carbonyl (C=O) groups excluding carboxylic acids is 1. The Morgan fingerprint density at radius 2 is 1.61 bits per heavy atom. The van der Waals surface area contributed by atoms with Crippen LogP contribution < -0.4 is 14.9 Å². The summed E-state index contributed by atoms with van der Waals surface area (Å²) in [6.07, 6.45) is 0.950. The molecule has 0 bridgehead atoms. The first-order valence-corrected chi connectivity index (χ1v) is 14.7. The molecule has 3 aromatic rings. The van der Waals surface area contributed by atoms with Crippen molar-refractivity contribution in [1.29, 1.82) is 0 Å². The molecule has 8 heteroatoms. The number of nitrogens with zero attached hydrogens (tertiary/aromatic N) is 1. The summed E-state index contributed by atoms with van der Waals surface area (Å²) in [5, 5.41) is 17.6. The van der Waals surface area contributed by atoms with Crippen LogP contribution in [0.15, 0.2) is 84.9 Å². The van der Waals surface area contributed by atoms with Gasteiger partial charge in [0, 0.05) is 25.2 Å². The molecule has 1 amide bonds. The van der Waals surface area contributed by atoms with E-state index in [9.17, 15) is 18.3 Å². The maximum Gasteiger partial charge on any atom is 0.251 e. The quantitative estimate of drug-likeness (QED) is 0.285. The molecule has 3 N–H and O–H groups in total. The molecule has 3 aromatic carbocycles. The minimum atomic E-state index is -3.47. The first-order valence-electron chi connectivity index (χ1n) is 13.1. The SMILES string of the molecule is CCCS(=O)(=O)N(C)c1cccc(C(=O)N[C@@H](Cc2ccccc2)[C@H](O)CN[C@H](CC)c2ccccc2)c1. The molecule has 0 heterocycles. The standard InChI is InChI=1S/C30H39N3O4S/c1-4-19-38(36,37)33(3)26-18-12-17-25(21-26)30(35)32-28(20-23-13-8-6-9-14-23)29(34)22-31-27(5-2)24-15-10-7-11-16-24/h6-18,21,27-29,31,34H,4-5,19-20,22H2,1-3H3,(H,32,35)/t27-,28+,29-/m1/s1. The summed E-state index contributed by atoms with van der Waals surface area (Å²) in [7, 11) is -1.98. The predicted octanol–water partition coefficient (Wildman–Crippen LogP) is 4.31. The molecule has 0 radical (unpaired) electrons. The molecule has 7 nitrogen and oxygen atoms in total.